The zero-order valence-electron chi connectivity index (χ0n) is 27.5. The molecule has 2 amide bonds. The molecule has 0 saturated carbocycles. The van der Waals surface area contributed by atoms with E-state index < -0.39 is 6.09 Å². The van der Waals surface area contributed by atoms with Gasteiger partial charge in [0.25, 0.3) is 0 Å². The van der Waals surface area contributed by atoms with Gasteiger partial charge in [0.05, 0.1) is 17.5 Å². The Hall–Kier alpha value is -4.97. The van der Waals surface area contributed by atoms with E-state index in [1.807, 2.05) is 91.0 Å². The van der Waals surface area contributed by atoms with Crippen molar-refractivity contribution in [1.29, 1.82) is 0 Å². The van der Waals surface area contributed by atoms with Crippen LogP contribution in [0.2, 0.25) is 0 Å². The molecule has 6 rings (SSSR count). The van der Waals surface area contributed by atoms with Crippen LogP contribution in [0.5, 0.6) is 5.75 Å². The number of para-hydroxylation sites is 1. The third-order valence-electron chi connectivity index (χ3n) is 8.69. The number of methoxy groups -OCH3 is 1. The van der Waals surface area contributed by atoms with Crippen LogP contribution in [-0.4, -0.2) is 61.3 Å². The van der Waals surface area contributed by atoms with Crippen LogP contribution in [0.15, 0.2) is 95.8 Å². The van der Waals surface area contributed by atoms with E-state index in [0.29, 0.717) is 25.3 Å². The van der Waals surface area contributed by atoms with E-state index in [9.17, 15) is 14.4 Å². The number of benzene rings is 4. The summed E-state index contributed by atoms with van der Waals surface area (Å²) in [6.07, 6.45) is 2.01. The van der Waals surface area contributed by atoms with Crippen molar-refractivity contribution in [3.05, 3.63) is 112 Å². The maximum Gasteiger partial charge on any atom is 0.411 e. The predicted octanol–water partition coefficient (Wildman–Crippen LogP) is 6.64. The molecule has 11 heteroatoms. The number of likely N-dealkylation sites (tertiary alicyclic amines) is 1. The summed E-state index contributed by atoms with van der Waals surface area (Å²) in [5.41, 5.74) is 6.43. The van der Waals surface area contributed by atoms with Crippen LogP contribution in [0.25, 0.3) is 21.3 Å². The van der Waals surface area contributed by atoms with Gasteiger partial charge in [-0.1, -0.05) is 78.1 Å². The zero-order valence-corrected chi connectivity index (χ0v) is 28.3. The van der Waals surface area contributed by atoms with E-state index in [2.05, 4.69) is 25.8 Å². The number of hydrogen-bond acceptors (Lipinski definition) is 8. The van der Waals surface area contributed by atoms with Gasteiger partial charge in [-0.15, -0.1) is 0 Å². The second kappa shape index (κ2) is 16.4. The molecule has 0 unspecified atom stereocenters. The molecule has 0 atom stereocenters. The van der Waals surface area contributed by atoms with Gasteiger partial charge in [0.2, 0.25) is 5.91 Å². The van der Waals surface area contributed by atoms with Crippen molar-refractivity contribution in [2.75, 3.05) is 43.9 Å². The number of ether oxygens (including phenoxy) is 2. The Balaban J connectivity index is 0.872. The fraction of sp³-hybridized carbons (Fsp3) is 0.289. The van der Waals surface area contributed by atoms with E-state index in [4.69, 9.17) is 9.47 Å². The Labute approximate surface area is 289 Å². The fourth-order valence-corrected chi connectivity index (χ4v) is 6.97. The summed E-state index contributed by atoms with van der Waals surface area (Å²) in [5, 5.41) is 9.38. The number of fused-ring (bicyclic) bond motifs is 1. The Kier molecular flexibility index (Phi) is 11.4. The Morgan fingerprint density at radius 1 is 0.918 bits per heavy atom. The molecule has 4 N–H and O–H groups in total. The molecule has 10 nitrogen and oxygen atoms in total. The molecule has 5 aromatic rings. The number of carbonyl (C=O) groups is 2. The van der Waals surface area contributed by atoms with Crippen molar-refractivity contribution in [1.82, 2.24) is 15.2 Å². The van der Waals surface area contributed by atoms with Crippen LogP contribution < -0.4 is 25.6 Å². The predicted molar refractivity (Wildman–Crippen MR) is 196 cm³/mol. The Morgan fingerprint density at radius 2 is 1.67 bits per heavy atom. The maximum absolute atomic E-state index is 12.7. The average Bonchev–Trinajstić information content (AvgIpc) is 3.53. The molecule has 4 aromatic carbocycles. The molecular formula is C38H41N5O5S. The molecule has 1 saturated heterocycles. The first-order chi connectivity index (χ1) is 23.9. The summed E-state index contributed by atoms with van der Waals surface area (Å²) in [6, 6.07) is 29.4. The first kappa shape index (κ1) is 33.9. The lowest BCUT2D eigenvalue weighted by molar-refractivity contribution is -0.116. The monoisotopic (exact) mass is 679 g/mol. The van der Waals surface area contributed by atoms with Crippen LogP contribution in [0.3, 0.4) is 0 Å². The minimum atomic E-state index is -0.449. The van der Waals surface area contributed by atoms with E-state index in [1.165, 1.54) is 11.3 Å². The summed E-state index contributed by atoms with van der Waals surface area (Å²) in [7, 11) is 1.60. The van der Waals surface area contributed by atoms with Crippen LogP contribution in [0.1, 0.15) is 30.4 Å². The fourth-order valence-electron chi connectivity index (χ4n) is 6.08. The van der Waals surface area contributed by atoms with Gasteiger partial charge in [-0.2, -0.15) is 0 Å². The first-order valence-corrected chi connectivity index (χ1v) is 17.4. The summed E-state index contributed by atoms with van der Waals surface area (Å²) in [5.74, 6) is 0.645. The Bertz CT molecular complexity index is 1920. The van der Waals surface area contributed by atoms with Crippen molar-refractivity contribution in [2.24, 2.45) is 0 Å². The molecule has 0 bridgehead atoms. The number of thiazole rings is 1. The lowest BCUT2D eigenvalue weighted by Crippen LogP contribution is -2.39. The van der Waals surface area contributed by atoms with Crippen molar-refractivity contribution < 1.29 is 19.1 Å². The van der Waals surface area contributed by atoms with Crippen molar-refractivity contribution in [3.63, 3.8) is 0 Å². The summed E-state index contributed by atoms with van der Waals surface area (Å²) < 4.78 is 12.1. The van der Waals surface area contributed by atoms with Crippen molar-refractivity contribution in [2.45, 2.75) is 38.3 Å². The quantitative estimate of drug-likeness (QED) is 0.103. The highest BCUT2D eigenvalue weighted by molar-refractivity contribution is 7.16. The van der Waals surface area contributed by atoms with Gasteiger partial charge in [-0.3, -0.25) is 14.9 Å². The first-order valence-electron chi connectivity index (χ1n) is 16.6. The van der Waals surface area contributed by atoms with Crippen LogP contribution in [0.4, 0.5) is 16.2 Å². The number of aromatic nitrogens is 1. The van der Waals surface area contributed by atoms with Crippen LogP contribution >= 0.6 is 11.3 Å². The van der Waals surface area contributed by atoms with E-state index >= 15 is 0 Å². The van der Waals surface area contributed by atoms with Crippen molar-refractivity contribution in [3.8, 4) is 16.9 Å². The van der Waals surface area contributed by atoms with Crippen molar-refractivity contribution >= 4 is 44.9 Å². The molecule has 2 heterocycles. The van der Waals surface area contributed by atoms with Gasteiger partial charge < -0.3 is 30.0 Å². The van der Waals surface area contributed by atoms with Gasteiger partial charge in [-0.05, 0) is 66.8 Å². The SMILES string of the molecule is COc1ccc(CCNCc2ccc(NC(=O)CCN3CCC(OC(=O)Nc4ccccc4-c4ccccc4)CC3)cc2)c2sc(=O)[nH]c12. The van der Waals surface area contributed by atoms with Gasteiger partial charge in [0.15, 0.2) is 0 Å². The number of H-pyrrole nitrogens is 1. The molecule has 1 fully saturated rings. The van der Waals surface area contributed by atoms with E-state index in [0.717, 1.165) is 82.7 Å². The minimum absolute atomic E-state index is 0.0291. The molecule has 49 heavy (non-hydrogen) atoms. The van der Waals surface area contributed by atoms with Gasteiger partial charge >= 0.3 is 11.0 Å². The number of amides is 2. The summed E-state index contributed by atoms with van der Waals surface area (Å²) in [6.45, 7) is 3.63. The van der Waals surface area contributed by atoms with Gasteiger partial charge in [-0.25, -0.2) is 4.79 Å². The molecule has 0 aliphatic carbocycles. The molecule has 1 aromatic heterocycles. The molecule has 0 spiro atoms. The second-order valence-electron chi connectivity index (χ2n) is 12.1. The zero-order chi connectivity index (χ0) is 34.0. The highest BCUT2D eigenvalue weighted by Gasteiger charge is 2.23. The highest BCUT2D eigenvalue weighted by atomic mass is 32.1. The largest absolute Gasteiger partial charge is 0.495 e. The number of aromatic amines is 1. The Morgan fingerprint density at radius 3 is 2.45 bits per heavy atom. The highest BCUT2D eigenvalue weighted by Crippen LogP contribution is 2.29. The number of hydrogen-bond donors (Lipinski definition) is 4. The number of anilines is 2. The number of nitrogens with one attached hydrogen (secondary N) is 4. The van der Waals surface area contributed by atoms with Crippen LogP contribution in [0, 0.1) is 0 Å². The van der Waals surface area contributed by atoms with Crippen LogP contribution in [-0.2, 0) is 22.5 Å². The normalized spacial score (nSPS) is 13.7. The second-order valence-corrected chi connectivity index (χ2v) is 13.0. The number of carbonyl (C=O) groups excluding carboxylic acids is 2. The van der Waals surface area contributed by atoms with E-state index in [-0.39, 0.29) is 16.9 Å². The third-order valence-corrected chi connectivity index (χ3v) is 9.65. The molecular weight excluding hydrogens is 639 g/mol. The topological polar surface area (TPSA) is 125 Å². The third kappa shape index (κ3) is 9.14. The molecule has 1 aliphatic heterocycles. The van der Waals surface area contributed by atoms with Gasteiger partial charge in [0.1, 0.15) is 17.4 Å². The number of rotatable bonds is 13. The molecule has 1 aliphatic rings. The maximum atomic E-state index is 12.7. The van der Waals surface area contributed by atoms with E-state index in [1.54, 1.807) is 7.11 Å². The summed E-state index contributed by atoms with van der Waals surface area (Å²) >= 11 is 1.21. The molecule has 254 valence electrons. The smallest absolute Gasteiger partial charge is 0.411 e. The average molecular weight is 680 g/mol. The number of nitrogens with zero attached hydrogens (tertiary/aromatic N) is 1. The summed E-state index contributed by atoms with van der Waals surface area (Å²) in [4.78, 5) is 42.3. The lowest BCUT2D eigenvalue weighted by atomic mass is 10.0. The lowest BCUT2D eigenvalue weighted by Gasteiger charge is -2.31. The standard InChI is InChI=1S/C38H41N5O5S/c1-47-33-16-13-28(36-35(33)42-38(46)49-36)17-21-39-25-26-11-14-29(15-12-26)40-34(44)20-24-43-22-18-30(19-23-43)48-37(45)41-32-10-6-5-9-31(32)27-7-3-2-4-8-27/h2-16,30,39H,17-25H2,1H3,(H,40,44)(H,41,45)(H,42,46). The number of piperidine rings is 1. The van der Waals surface area contributed by atoms with Gasteiger partial charge in [0, 0.05) is 43.9 Å². The molecule has 0 radical (unpaired) electrons. The minimum Gasteiger partial charge on any atom is -0.495 e.